The third kappa shape index (κ3) is 2.70. The second kappa shape index (κ2) is 5.71. The number of hydrogen-bond donors (Lipinski definition) is 2. The lowest BCUT2D eigenvalue weighted by Crippen LogP contribution is -2.49. The smallest absolute Gasteiger partial charge is 0.0613 e. The number of aliphatic hydroxyl groups is 1. The van der Waals surface area contributed by atoms with Crippen LogP contribution in [0.4, 0.5) is 0 Å². The number of nitrogens with one attached hydrogen (secondary N) is 1. The highest BCUT2D eigenvalue weighted by Gasteiger charge is 2.42. The summed E-state index contributed by atoms with van der Waals surface area (Å²) in [5.41, 5.74) is 0.00802. The van der Waals surface area contributed by atoms with Gasteiger partial charge in [-0.05, 0) is 57.5 Å². The van der Waals surface area contributed by atoms with Gasteiger partial charge in [0.2, 0.25) is 0 Å². The van der Waals surface area contributed by atoms with Crippen LogP contribution in [0.15, 0.2) is 0 Å². The molecule has 0 radical (unpaired) electrons. The Morgan fingerprint density at radius 2 is 1.95 bits per heavy atom. The standard InChI is InChI=1S/C16H30N2O/c1-17-16(12-19)8-6-15(10-16)18-9-7-13-4-2-3-5-14(13)11-18/h13-15,17,19H,2-12H2,1H3. The summed E-state index contributed by atoms with van der Waals surface area (Å²) in [6, 6.07) is 0.711. The molecule has 2 aliphatic carbocycles. The van der Waals surface area contributed by atoms with Gasteiger partial charge in [0, 0.05) is 18.1 Å². The molecule has 0 aromatic heterocycles. The van der Waals surface area contributed by atoms with Crippen molar-refractivity contribution in [3.05, 3.63) is 0 Å². The molecule has 0 aromatic carbocycles. The molecule has 4 unspecified atom stereocenters. The molecule has 2 saturated carbocycles. The summed E-state index contributed by atoms with van der Waals surface area (Å²) in [6.45, 7) is 2.93. The number of hydrogen-bond acceptors (Lipinski definition) is 3. The molecule has 2 N–H and O–H groups in total. The van der Waals surface area contributed by atoms with Crippen LogP contribution in [0.25, 0.3) is 0 Å². The van der Waals surface area contributed by atoms with Crippen molar-refractivity contribution < 1.29 is 5.11 Å². The van der Waals surface area contributed by atoms with Crippen molar-refractivity contribution in [2.45, 2.75) is 62.9 Å². The number of likely N-dealkylation sites (N-methyl/N-ethyl adjacent to an activating group) is 1. The minimum absolute atomic E-state index is 0.00802. The van der Waals surface area contributed by atoms with Gasteiger partial charge in [-0.2, -0.15) is 0 Å². The van der Waals surface area contributed by atoms with Crippen molar-refractivity contribution in [3.8, 4) is 0 Å². The molecule has 3 fully saturated rings. The van der Waals surface area contributed by atoms with E-state index in [9.17, 15) is 5.11 Å². The largest absolute Gasteiger partial charge is 0.394 e. The predicted molar refractivity (Wildman–Crippen MR) is 78.2 cm³/mol. The molecule has 110 valence electrons. The second-order valence-electron chi connectivity index (χ2n) is 7.17. The summed E-state index contributed by atoms with van der Waals surface area (Å²) in [7, 11) is 2.01. The predicted octanol–water partition coefficient (Wildman–Crippen LogP) is 2.00. The van der Waals surface area contributed by atoms with Crippen LogP contribution in [-0.2, 0) is 0 Å². The zero-order chi connectivity index (χ0) is 13.3. The van der Waals surface area contributed by atoms with E-state index in [0.717, 1.165) is 24.7 Å². The van der Waals surface area contributed by atoms with Crippen molar-refractivity contribution >= 4 is 0 Å². The molecule has 3 aliphatic rings. The van der Waals surface area contributed by atoms with Crippen LogP contribution in [0.3, 0.4) is 0 Å². The van der Waals surface area contributed by atoms with Gasteiger partial charge >= 0.3 is 0 Å². The summed E-state index contributed by atoms with van der Waals surface area (Å²) in [5.74, 6) is 2.00. The van der Waals surface area contributed by atoms with Crippen LogP contribution in [0.2, 0.25) is 0 Å². The summed E-state index contributed by atoms with van der Waals surface area (Å²) in [5, 5.41) is 13.0. The van der Waals surface area contributed by atoms with Crippen molar-refractivity contribution in [1.82, 2.24) is 10.2 Å². The van der Waals surface area contributed by atoms with E-state index in [-0.39, 0.29) is 5.54 Å². The molecule has 3 nitrogen and oxygen atoms in total. The first-order chi connectivity index (χ1) is 9.26. The Kier molecular flexibility index (Phi) is 4.16. The third-order valence-corrected chi connectivity index (χ3v) is 6.25. The zero-order valence-electron chi connectivity index (χ0n) is 12.4. The molecule has 1 saturated heterocycles. The lowest BCUT2D eigenvalue weighted by atomic mass is 9.75. The molecule has 19 heavy (non-hydrogen) atoms. The molecule has 0 amide bonds. The van der Waals surface area contributed by atoms with Gasteiger partial charge in [0.05, 0.1) is 6.61 Å². The van der Waals surface area contributed by atoms with E-state index >= 15 is 0 Å². The molecule has 0 spiro atoms. The minimum atomic E-state index is 0.00802. The average Bonchev–Trinajstić information content (AvgIpc) is 2.92. The number of fused-ring (bicyclic) bond motifs is 1. The fourth-order valence-corrected chi connectivity index (χ4v) is 4.82. The Bertz CT molecular complexity index is 303. The Balaban J connectivity index is 1.59. The van der Waals surface area contributed by atoms with Gasteiger partial charge in [-0.1, -0.05) is 19.3 Å². The first-order valence-electron chi connectivity index (χ1n) is 8.30. The highest BCUT2D eigenvalue weighted by Crippen LogP contribution is 2.40. The van der Waals surface area contributed by atoms with Gasteiger partial charge < -0.3 is 15.3 Å². The van der Waals surface area contributed by atoms with E-state index in [4.69, 9.17) is 0 Å². The molecule has 4 atom stereocenters. The van der Waals surface area contributed by atoms with Gasteiger partial charge in [0.1, 0.15) is 0 Å². The molecular formula is C16H30N2O. The van der Waals surface area contributed by atoms with Crippen LogP contribution >= 0.6 is 0 Å². The van der Waals surface area contributed by atoms with Crippen molar-refractivity contribution in [1.29, 1.82) is 0 Å². The second-order valence-corrected chi connectivity index (χ2v) is 7.17. The lowest BCUT2D eigenvalue weighted by molar-refractivity contribution is 0.0535. The van der Waals surface area contributed by atoms with E-state index in [0.29, 0.717) is 12.6 Å². The normalized spacial score (nSPS) is 44.2. The van der Waals surface area contributed by atoms with Crippen LogP contribution < -0.4 is 5.32 Å². The maximum Gasteiger partial charge on any atom is 0.0613 e. The topological polar surface area (TPSA) is 35.5 Å². The zero-order valence-corrected chi connectivity index (χ0v) is 12.4. The average molecular weight is 266 g/mol. The summed E-state index contributed by atoms with van der Waals surface area (Å²) in [6.07, 6.45) is 10.8. The third-order valence-electron chi connectivity index (χ3n) is 6.25. The Labute approximate surface area is 117 Å². The van der Waals surface area contributed by atoms with E-state index < -0.39 is 0 Å². The fraction of sp³-hybridized carbons (Fsp3) is 1.00. The number of rotatable bonds is 3. The maximum absolute atomic E-state index is 9.64. The van der Waals surface area contributed by atoms with Crippen LogP contribution in [-0.4, -0.2) is 48.3 Å². The highest BCUT2D eigenvalue weighted by molar-refractivity contribution is 5.00. The van der Waals surface area contributed by atoms with E-state index in [1.54, 1.807) is 0 Å². The Hall–Kier alpha value is -0.120. The van der Waals surface area contributed by atoms with Crippen LogP contribution in [0.1, 0.15) is 51.4 Å². The Morgan fingerprint density at radius 3 is 2.63 bits per heavy atom. The molecule has 3 heteroatoms. The first-order valence-corrected chi connectivity index (χ1v) is 8.30. The molecule has 1 heterocycles. The molecule has 0 aromatic rings. The van der Waals surface area contributed by atoms with Gasteiger partial charge in [-0.3, -0.25) is 0 Å². The number of piperidine rings is 1. The van der Waals surface area contributed by atoms with E-state index in [2.05, 4.69) is 10.2 Å². The van der Waals surface area contributed by atoms with Crippen molar-refractivity contribution in [3.63, 3.8) is 0 Å². The summed E-state index contributed by atoms with van der Waals surface area (Å²) < 4.78 is 0. The van der Waals surface area contributed by atoms with Gasteiger partial charge in [0.15, 0.2) is 0 Å². The Morgan fingerprint density at radius 1 is 1.16 bits per heavy atom. The van der Waals surface area contributed by atoms with Gasteiger partial charge in [-0.15, -0.1) is 0 Å². The van der Waals surface area contributed by atoms with Gasteiger partial charge in [-0.25, -0.2) is 0 Å². The minimum Gasteiger partial charge on any atom is -0.394 e. The number of nitrogens with zero attached hydrogens (tertiary/aromatic N) is 1. The summed E-state index contributed by atoms with van der Waals surface area (Å²) >= 11 is 0. The van der Waals surface area contributed by atoms with E-state index in [1.165, 1.54) is 51.6 Å². The molecule has 0 bridgehead atoms. The lowest BCUT2D eigenvalue weighted by Gasteiger charge is -2.44. The van der Waals surface area contributed by atoms with Gasteiger partial charge in [0.25, 0.3) is 0 Å². The fourth-order valence-electron chi connectivity index (χ4n) is 4.82. The maximum atomic E-state index is 9.64. The highest BCUT2D eigenvalue weighted by atomic mass is 16.3. The number of likely N-dealkylation sites (tertiary alicyclic amines) is 1. The SMILES string of the molecule is CNC1(CO)CCC(N2CCC3CCCCC3C2)C1. The summed E-state index contributed by atoms with van der Waals surface area (Å²) in [4.78, 5) is 2.75. The quantitative estimate of drug-likeness (QED) is 0.820. The molecule has 3 rings (SSSR count). The van der Waals surface area contributed by atoms with Crippen LogP contribution in [0.5, 0.6) is 0 Å². The first kappa shape index (κ1) is 13.8. The van der Waals surface area contributed by atoms with Crippen molar-refractivity contribution in [2.24, 2.45) is 11.8 Å². The molecule has 1 aliphatic heterocycles. The van der Waals surface area contributed by atoms with E-state index in [1.807, 2.05) is 7.05 Å². The van der Waals surface area contributed by atoms with Crippen LogP contribution in [0, 0.1) is 11.8 Å². The molecular weight excluding hydrogens is 236 g/mol. The number of aliphatic hydroxyl groups excluding tert-OH is 1. The monoisotopic (exact) mass is 266 g/mol. The van der Waals surface area contributed by atoms with Crippen molar-refractivity contribution in [2.75, 3.05) is 26.7 Å².